The monoisotopic (exact) mass is 425 g/mol. The third-order valence-electron chi connectivity index (χ3n) is 5.10. The van der Waals surface area contributed by atoms with Gasteiger partial charge in [-0.1, -0.05) is 35.9 Å². The van der Waals surface area contributed by atoms with Gasteiger partial charge >= 0.3 is 0 Å². The number of rotatable bonds is 5. The molecule has 1 unspecified atom stereocenters. The lowest BCUT2D eigenvalue weighted by Gasteiger charge is -2.28. The second-order valence-electron chi connectivity index (χ2n) is 7.50. The lowest BCUT2D eigenvalue weighted by Crippen LogP contribution is -2.32. The van der Waals surface area contributed by atoms with Gasteiger partial charge in [-0.2, -0.15) is 0 Å². The minimum absolute atomic E-state index is 0.0886. The summed E-state index contributed by atoms with van der Waals surface area (Å²) >= 11 is 0. The molecule has 30 heavy (non-hydrogen) atoms. The van der Waals surface area contributed by atoms with E-state index in [1.807, 2.05) is 19.9 Å². The van der Waals surface area contributed by atoms with Crippen LogP contribution in [0.5, 0.6) is 5.75 Å². The molecule has 4 rings (SSSR count). The van der Waals surface area contributed by atoms with Crippen LogP contribution in [-0.4, -0.2) is 20.9 Å². The number of hydrogen-bond acceptors (Lipinski definition) is 5. The second-order valence-corrected chi connectivity index (χ2v) is 9.49. The van der Waals surface area contributed by atoms with Crippen LogP contribution in [-0.2, 0) is 15.6 Å². The number of furan rings is 1. The predicted molar refractivity (Wildman–Crippen MR) is 112 cm³/mol. The first kappa shape index (κ1) is 20.2. The fraction of sp³-hybridized carbons (Fsp3) is 0.261. The molecule has 156 valence electrons. The summed E-state index contributed by atoms with van der Waals surface area (Å²) in [7, 11) is -3.54. The summed E-state index contributed by atoms with van der Waals surface area (Å²) in [5.74, 6) is 0.443. The largest absolute Gasteiger partial charge is 0.493 e. The molecule has 0 aliphatic carbocycles. The van der Waals surface area contributed by atoms with Crippen molar-refractivity contribution in [2.45, 2.75) is 37.0 Å². The van der Waals surface area contributed by atoms with Crippen molar-refractivity contribution in [1.82, 2.24) is 5.32 Å². The van der Waals surface area contributed by atoms with Gasteiger partial charge in [0.15, 0.2) is 15.6 Å². The van der Waals surface area contributed by atoms with Crippen molar-refractivity contribution in [2.24, 2.45) is 0 Å². The minimum Gasteiger partial charge on any atom is -0.493 e. The highest BCUT2D eigenvalue weighted by Crippen LogP contribution is 2.36. The molecule has 0 spiro atoms. The highest BCUT2D eigenvalue weighted by molar-refractivity contribution is 7.90. The maximum absolute atomic E-state index is 12.7. The van der Waals surface area contributed by atoms with Crippen LogP contribution in [0.15, 0.2) is 63.9 Å². The molecule has 0 fully saturated rings. The molecular formula is C23H23NO5S. The maximum Gasteiger partial charge on any atom is 0.287 e. The molecule has 0 saturated heterocycles. The standard InChI is InChI=1S/C23H23NO5S/c1-15-12-16(2)22-19(13-15)20(10-11-28-22)24-23(25)21-9-8-17(29-21)14-30(26,27)18-6-4-3-5-7-18/h3-9,12-13,20H,10-11,14H2,1-2H3,(H,24,25). The van der Waals surface area contributed by atoms with Crippen LogP contribution >= 0.6 is 0 Å². The Kier molecular flexibility index (Phi) is 5.39. The third-order valence-corrected chi connectivity index (χ3v) is 6.76. The van der Waals surface area contributed by atoms with E-state index in [1.165, 1.54) is 12.1 Å². The smallest absolute Gasteiger partial charge is 0.287 e. The molecule has 1 atom stereocenters. The van der Waals surface area contributed by atoms with Crippen molar-refractivity contribution in [1.29, 1.82) is 0 Å². The van der Waals surface area contributed by atoms with E-state index in [1.54, 1.807) is 30.3 Å². The molecule has 1 aliphatic rings. The molecule has 3 aromatic rings. The molecule has 0 saturated carbocycles. The Bertz CT molecular complexity index is 1180. The molecule has 0 bridgehead atoms. The summed E-state index contributed by atoms with van der Waals surface area (Å²) in [6.07, 6.45) is 0.650. The highest BCUT2D eigenvalue weighted by atomic mass is 32.2. The molecule has 7 heteroatoms. The zero-order chi connectivity index (χ0) is 21.3. The van der Waals surface area contributed by atoms with Crippen molar-refractivity contribution in [2.75, 3.05) is 6.61 Å². The number of ether oxygens (including phenoxy) is 1. The molecule has 1 N–H and O–H groups in total. The van der Waals surface area contributed by atoms with E-state index in [0.29, 0.717) is 13.0 Å². The highest BCUT2D eigenvalue weighted by Gasteiger charge is 2.26. The Hall–Kier alpha value is -3.06. The van der Waals surface area contributed by atoms with Crippen molar-refractivity contribution >= 4 is 15.7 Å². The van der Waals surface area contributed by atoms with Gasteiger partial charge in [-0.05, 0) is 43.7 Å². The van der Waals surface area contributed by atoms with Crippen LogP contribution in [0.2, 0.25) is 0 Å². The topological polar surface area (TPSA) is 85.6 Å². The SMILES string of the molecule is Cc1cc(C)c2c(c1)C(NC(=O)c1ccc(CS(=O)(=O)c3ccccc3)o1)CCO2. The average Bonchev–Trinajstić information content (AvgIpc) is 3.17. The van der Waals surface area contributed by atoms with E-state index in [9.17, 15) is 13.2 Å². The van der Waals surface area contributed by atoms with E-state index in [2.05, 4.69) is 11.4 Å². The fourth-order valence-electron chi connectivity index (χ4n) is 3.73. The van der Waals surface area contributed by atoms with E-state index in [0.717, 1.165) is 22.4 Å². The van der Waals surface area contributed by atoms with Crippen LogP contribution < -0.4 is 10.1 Å². The van der Waals surface area contributed by atoms with E-state index in [-0.39, 0.29) is 34.1 Å². The predicted octanol–water partition coefficient (Wildman–Crippen LogP) is 4.12. The molecule has 1 aromatic heterocycles. The number of nitrogens with one attached hydrogen (secondary N) is 1. The number of benzene rings is 2. The number of carbonyl (C=O) groups is 1. The van der Waals surface area contributed by atoms with E-state index >= 15 is 0 Å². The van der Waals surface area contributed by atoms with Crippen LogP contribution in [0.25, 0.3) is 0 Å². The van der Waals surface area contributed by atoms with Crippen LogP contribution in [0.1, 0.15) is 45.5 Å². The normalized spacial score (nSPS) is 15.9. The maximum atomic E-state index is 12.7. The summed E-state index contributed by atoms with van der Waals surface area (Å²) in [5, 5.41) is 2.99. The molecule has 1 amide bonds. The third kappa shape index (κ3) is 4.11. The summed E-state index contributed by atoms with van der Waals surface area (Å²) in [4.78, 5) is 13.0. The number of carbonyl (C=O) groups excluding carboxylic acids is 1. The molecule has 2 heterocycles. The van der Waals surface area contributed by atoms with Crippen molar-refractivity contribution in [3.63, 3.8) is 0 Å². The van der Waals surface area contributed by atoms with Crippen molar-refractivity contribution in [3.8, 4) is 5.75 Å². The minimum atomic E-state index is -3.54. The molecule has 0 radical (unpaired) electrons. The van der Waals surface area contributed by atoms with Gasteiger partial charge in [-0.3, -0.25) is 4.79 Å². The summed E-state index contributed by atoms with van der Waals surface area (Å²) in [6, 6.07) is 15.1. The van der Waals surface area contributed by atoms with Gasteiger partial charge in [-0.25, -0.2) is 8.42 Å². The van der Waals surface area contributed by atoms with E-state index in [4.69, 9.17) is 9.15 Å². The summed E-state index contributed by atoms with van der Waals surface area (Å²) in [5.41, 5.74) is 3.09. The van der Waals surface area contributed by atoms with Crippen LogP contribution in [0, 0.1) is 13.8 Å². The van der Waals surface area contributed by atoms with Crippen molar-refractivity contribution in [3.05, 3.63) is 82.8 Å². The number of sulfone groups is 1. The lowest BCUT2D eigenvalue weighted by atomic mass is 9.95. The van der Waals surface area contributed by atoms with Gasteiger partial charge in [-0.15, -0.1) is 0 Å². The summed E-state index contributed by atoms with van der Waals surface area (Å²) in [6.45, 7) is 4.51. The lowest BCUT2D eigenvalue weighted by molar-refractivity contribution is 0.0895. The van der Waals surface area contributed by atoms with Crippen LogP contribution in [0.4, 0.5) is 0 Å². The van der Waals surface area contributed by atoms with Gasteiger partial charge in [0.2, 0.25) is 0 Å². The fourth-order valence-corrected chi connectivity index (χ4v) is 5.00. The Balaban J connectivity index is 1.50. The second kappa shape index (κ2) is 7.99. The average molecular weight is 426 g/mol. The summed E-state index contributed by atoms with van der Waals surface area (Å²) < 4.78 is 36.4. The first-order chi connectivity index (χ1) is 14.3. The zero-order valence-corrected chi connectivity index (χ0v) is 17.7. The Morgan fingerprint density at radius 1 is 1.10 bits per heavy atom. The Morgan fingerprint density at radius 3 is 2.63 bits per heavy atom. The first-order valence-electron chi connectivity index (χ1n) is 9.75. The molecule has 1 aliphatic heterocycles. The quantitative estimate of drug-likeness (QED) is 0.664. The Morgan fingerprint density at radius 2 is 1.87 bits per heavy atom. The molecule has 2 aromatic carbocycles. The van der Waals surface area contributed by atoms with Gasteiger partial charge in [0.25, 0.3) is 5.91 Å². The van der Waals surface area contributed by atoms with E-state index < -0.39 is 9.84 Å². The number of aryl methyl sites for hydroxylation is 2. The number of hydrogen-bond donors (Lipinski definition) is 1. The van der Waals surface area contributed by atoms with Gasteiger partial charge in [0, 0.05) is 12.0 Å². The van der Waals surface area contributed by atoms with Crippen LogP contribution in [0.3, 0.4) is 0 Å². The van der Waals surface area contributed by atoms with Gasteiger partial charge in [0.05, 0.1) is 17.5 Å². The molecule has 6 nitrogen and oxygen atoms in total. The first-order valence-corrected chi connectivity index (χ1v) is 11.4. The number of fused-ring (bicyclic) bond motifs is 1. The Labute approximate surface area is 175 Å². The van der Waals surface area contributed by atoms with Gasteiger partial charge < -0.3 is 14.5 Å². The molecular weight excluding hydrogens is 402 g/mol. The number of amides is 1. The van der Waals surface area contributed by atoms with Gasteiger partial charge in [0.1, 0.15) is 17.3 Å². The zero-order valence-electron chi connectivity index (χ0n) is 16.8. The van der Waals surface area contributed by atoms with Crippen molar-refractivity contribution < 1.29 is 22.4 Å².